The van der Waals surface area contributed by atoms with Gasteiger partial charge in [0.25, 0.3) is 0 Å². The summed E-state index contributed by atoms with van der Waals surface area (Å²) in [6, 6.07) is 58.3. The van der Waals surface area contributed by atoms with Gasteiger partial charge in [-0.2, -0.15) is 0 Å². The van der Waals surface area contributed by atoms with E-state index in [1.807, 2.05) is 23.5 Å². The highest BCUT2D eigenvalue weighted by Gasteiger charge is 2.22. The SMILES string of the molecule is c1ccc(-c2cc(-c3ccccc3)nc(-n3c4c(-c5ccc6sc7ccccc7c6c5)cccc4c4ccc5ccccc5c43)n2)cc1. The standard InChI is InChI=1S/C44H27N3S/c1-3-13-29(14-4-1)38-27-39(30-15-5-2-6-16-30)46-44(45-38)47-42-32-17-8-7-12-28(32)22-24-36(42)35-20-11-19-33(43(35)47)31-23-25-41-37(26-31)34-18-9-10-21-40(34)48-41/h1-27H. The van der Waals surface area contributed by atoms with Crippen LogP contribution in [0.4, 0.5) is 0 Å². The number of fused-ring (bicyclic) bond motifs is 8. The Bertz CT molecular complexity index is 2770. The molecule has 0 aliphatic carbocycles. The van der Waals surface area contributed by atoms with Crippen LogP contribution in [0, 0.1) is 0 Å². The Hall–Kier alpha value is -6.10. The molecule has 0 fully saturated rings. The third-order valence-electron chi connectivity index (χ3n) is 9.42. The van der Waals surface area contributed by atoms with Crippen LogP contribution < -0.4 is 0 Å². The van der Waals surface area contributed by atoms with Gasteiger partial charge >= 0.3 is 0 Å². The van der Waals surface area contributed by atoms with Gasteiger partial charge in [-0.25, -0.2) is 9.97 Å². The Morgan fingerprint density at radius 3 is 1.79 bits per heavy atom. The van der Waals surface area contributed by atoms with E-state index in [-0.39, 0.29) is 0 Å². The van der Waals surface area contributed by atoms with Crippen molar-refractivity contribution in [1.82, 2.24) is 14.5 Å². The van der Waals surface area contributed by atoms with Crippen LogP contribution in [0.2, 0.25) is 0 Å². The first kappa shape index (κ1) is 27.1. The lowest BCUT2D eigenvalue weighted by Crippen LogP contribution is -2.05. The lowest BCUT2D eigenvalue weighted by atomic mass is 9.99. The average Bonchev–Trinajstić information content (AvgIpc) is 3.71. The Morgan fingerprint density at radius 1 is 0.396 bits per heavy atom. The summed E-state index contributed by atoms with van der Waals surface area (Å²) >= 11 is 1.85. The maximum absolute atomic E-state index is 5.35. The van der Waals surface area contributed by atoms with Crippen LogP contribution in [0.5, 0.6) is 0 Å². The van der Waals surface area contributed by atoms with Gasteiger partial charge in [-0.1, -0.05) is 140 Å². The Kier molecular flexibility index (Phi) is 6.05. The van der Waals surface area contributed by atoms with Crippen molar-refractivity contribution in [2.75, 3.05) is 0 Å². The number of hydrogen-bond acceptors (Lipinski definition) is 3. The van der Waals surface area contributed by atoms with E-state index in [1.165, 1.54) is 47.3 Å². The molecule has 224 valence electrons. The number of para-hydroxylation sites is 1. The third kappa shape index (κ3) is 4.20. The molecule has 0 radical (unpaired) electrons. The van der Waals surface area contributed by atoms with Gasteiger partial charge in [0, 0.05) is 53.0 Å². The number of thiophene rings is 1. The summed E-state index contributed by atoms with van der Waals surface area (Å²) in [6.07, 6.45) is 0. The first-order valence-corrected chi connectivity index (χ1v) is 17.0. The molecule has 0 saturated heterocycles. The van der Waals surface area contributed by atoms with Crippen LogP contribution in [0.3, 0.4) is 0 Å². The molecule has 3 nitrogen and oxygen atoms in total. The average molecular weight is 630 g/mol. The zero-order valence-electron chi connectivity index (χ0n) is 25.8. The quantitative estimate of drug-likeness (QED) is 0.194. The van der Waals surface area contributed by atoms with Gasteiger partial charge in [-0.05, 0) is 35.2 Å². The zero-order chi connectivity index (χ0) is 31.6. The molecular weight excluding hydrogens is 603 g/mol. The first-order chi connectivity index (χ1) is 23.8. The van der Waals surface area contributed by atoms with Gasteiger partial charge < -0.3 is 0 Å². The summed E-state index contributed by atoms with van der Waals surface area (Å²) in [6.45, 7) is 0. The van der Waals surface area contributed by atoms with Crippen LogP contribution in [-0.4, -0.2) is 14.5 Å². The smallest absolute Gasteiger partial charge is 0.235 e. The lowest BCUT2D eigenvalue weighted by molar-refractivity contribution is 0.998. The monoisotopic (exact) mass is 629 g/mol. The fourth-order valence-corrected chi connectivity index (χ4v) is 8.29. The van der Waals surface area contributed by atoms with Gasteiger partial charge in [-0.3, -0.25) is 4.57 Å². The largest absolute Gasteiger partial charge is 0.277 e. The lowest BCUT2D eigenvalue weighted by Gasteiger charge is -2.14. The summed E-state index contributed by atoms with van der Waals surface area (Å²) in [5, 5.41) is 7.30. The highest BCUT2D eigenvalue weighted by atomic mass is 32.1. The van der Waals surface area contributed by atoms with Gasteiger partial charge in [-0.15, -0.1) is 11.3 Å². The second-order valence-electron chi connectivity index (χ2n) is 12.2. The van der Waals surface area contributed by atoms with Crippen molar-refractivity contribution in [2.45, 2.75) is 0 Å². The van der Waals surface area contributed by atoms with Crippen molar-refractivity contribution < 1.29 is 0 Å². The molecule has 10 rings (SSSR count). The topological polar surface area (TPSA) is 30.7 Å². The predicted molar refractivity (Wildman–Crippen MR) is 203 cm³/mol. The number of rotatable bonds is 4. The van der Waals surface area contributed by atoms with Crippen LogP contribution in [0.1, 0.15) is 0 Å². The fourth-order valence-electron chi connectivity index (χ4n) is 7.20. The first-order valence-electron chi connectivity index (χ1n) is 16.2. The van der Waals surface area contributed by atoms with E-state index in [0.717, 1.165) is 39.1 Å². The maximum atomic E-state index is 5.35. The van der Waals surface area contributed by atoms with E-state index in [0.29, 0.717) is 5.95 Å². The van der Waals surface area contributed by atoms with Gasteiger partial charge in [0.2, 0.25) is 5.95 Å². The molecule has 0 unspecified atom stereocenters. The summed E-state index contributed by atoms with van der Waals surface area (Å²) in [5.74, 6) is 0.654. The second kappa shape index (κ2) is 10.7. The van der Waals surface area contributed by atoms with Crippen LogP contribution in [-0.2, 0) is 0 Å². The molecule has 0 aliphatic heterocycles. The van der Waals surface area contributed by atoms with Crippen LogP contribution in [0.25, 0.3) is 92.3 Å². The molecule has 0 saturated carbocycles. The Balaban J connectivity index is 1.35. The predicted octanol–water partition coefficient (Wildman–Crippen LogP) is 12.1. The van der Waals surface area contributed by atoms with Gasteiger partial charge in [0.15, 0.2) is 0 Å². The van der Waals surface area contributed by atoms with Crippen molar-refractivity contribution in [1.29, 1.82) is 0 Å². The van der Waals surface area contributed by atoms with Gasteiger partial charge in [0.05, 0.1) is 22.4 Å². The number of hydrogen-bond donors (Lipinski definition) is 0. The minimum atomic E-state index is 0.654. The molecule has 3 heterocycles. The number of aromatic nitrogens is 3. The van der Waals surface area contributed by atoms with E-state index in [4.69, 9.17) is 9.97 Å². The van der Waals surface area contributed by atoms with E-state index in [2.05, 4.69) is 156 Å². The molecule has 48 heavy (non-hydrogen) atoms. The van der Waals surface area contributed by atoms with Crippen LogP contribution in [0.15, 0.2) is 164 Å². The highest BCUT2D eigenvalue weighted by molar-refractivity contribution is 7.25. The summed E-state index contributed by atoms with van der Waals surface area (Å²) < 4.78 is 4.92. The van der Waals surface area contributed by atoms with Crippen molar-refractivity contribution in [3.05, 3.63) is 164 Å². The minimum absolute atomic E-state index is 0.654. The minimum Gasteiger partial charge on any atom is -0.277 e. The fraction of sp³-hybridized carbons (Fsp3) is 0. The van der Waals surface area contributed by atoms with Crippen molar-refractivity contribution in [3.8, 4) is 39.6 Å². The van der Waals surface area contributed by atoms with Crippen molar-refractivity contribution in [3.63, 3.8) is 0 Å². The molecule has 0 N–H and O–H groups in total. The second-order valence-corrected chi connectivity index (χ2v) is 13.3. The molecule has 0 spiro atoms. The molecule has 10 aromatic rings. The molecule has 0 aliphatic rings. The summed E-state index contributed by atoms with van der Waals surface area (Å²) in [5.41, 5.74) is 8.43. The molecule has 0 atom stereocenters. The van der Waals surface area contributed by atoms with Gasteiger partial charge in [0.1, 0.15) is 0 Å². The molecule has 3 aromatic heterocycles. The van der Waals surface area contributed by atoms with Crippen molar-refractivity contribution >= 4 is 64.1 Å². The molecule has 0 bridgehead atoms. The van der Waals surface area contributed by atoms with Crippen molar-refractivity contribution in [2.24, 2.45) is 0 Å². The summed E-state index contributed by atoms with van der Waals surface area (Å²) in [4.78, 5) is 10.7. The zero-order valence-corrected chi connectivity index (χ0v) is 26.7. The third-order valence-corrected chi connectivity index (χ3v) is 10.6. The number of benzene rings is 7. The Morgan fingerprint density at radius 2 is 1.02 bits per heavy atom. The summed E-state index contributed by atoms with van der Waals surface area (Å²) in [7, 11) is 0. The number of nitrogens with zero attached hydrogens (tertiary/aromatic N) is 3. The molecule has 7 aromatic carbocycles. The molecular formula is C44H27N3S. The van der Waals surface area contributed by atoms with E-state index in [9.17, 15) is 0 Å². The van der Waals surface area contributed by atoms with Crippen LogP contribution >= 0.6 is 11.3 Å². The molecule has 0 amide bonds. The van der Waals surface area contributed by atoms with E-state index >= 15 is 0 Å². The Labute approximate surface area is 281 Å². The maximum Gasteiger partial charge on any atom is 0.235 e. The van der Waals surface area contributed by atoms with E-state index < -0.39 is 0 Å². The molecule has 4 heteroatoms. The van der Waals surface area contributed by atoms with E-state index in [1.54, 1.807) is 0 Å². The highest BCUT2D eigenvalue weighted by Crippen LogP contribution is 2.43. The normalized spacial score (nSPS) is 11.8.